The number of Topliss-reactive ketones (excluding diaryl/α,β-unsaturated/α-hetero) is 1. The molecule has 0 aliphatic heterocycles. The zero-order valence-corrected chi connectivity index (χ0v) is 9.36. The molecular weight excluding hydrogens is 290 g/mol. The third kappa shape index (κ3) is 2.77. The number of alkyl halides is 6. The largest absolute Gasteiger partial charge is 0.407 e. The van der Waals surface area contributed by atoms with Gasteiger partial charge in [-0.15, -0.1) is 0 Å². The first kappa shape index (κ1) is 14.8. The van der Waals surface area contributed by atoms with Crippen LogP contribution in [0.3, 0.4) is 0 Å². The minimum absolute atomic E-state index is 0.565. The second-order valence-electron chi connectivity index (χ2n) is 3.35. The molecule has 0 fully saturated rings. The van der Waals surface area contributed by atoms with E-state index in [4.69, 9.17) is 11.6 Å². The van der Waals surface area contributed by atoms with Gasteiger partial charge in [-0.1, -0.05) is 11.6 Å². The molecule has 18 heavy (non-hydrogen) atoms. The normalized spacial score (nSPS) is 13.2. The molecule has 0 unspecified atom stereocenters. The minimum atomic E-state index is -5.75. The Labute approximate surface area is 101 Å². The lowest BCUT2D eigenvalue weighted by Crippen LogP contribution is -2.43. The molecule has 10 heteroatoms. The van der Waals surface area contributed by atoms with Crippen LogP contribution < -0.4 is 0 Å². The fourth-order valence-corrected chi connectivity index (χ4v) is 1.57. The highest BCUT2D eigenvalue weighted by atomic mass is 35.5. The highest BCUT2D eigenvalue weighted by molar-refractivity contribution is 6.33. The highest BCUT2D eigenvalue weighted by Crippen LogP contribution is 2.41. The van der Waals surface area contributed by atoms with Crippen molar-refractivity contribution in [1.82, 2.24) is 9.78 Å². The van der Waals surface area contributed by atoms with Gasteiger partial charge in [0.15, 0.2) is 0 Å². The zero-order chi connectivity index (χ0) is 14.3. The van der Waals surface area contributed by atoms with Crippen molar-refractivity contribution in [2.24, 2.45) is 13.0 Å². The monoisotopic (exact) mass is 294 g/mol. The number of aromatic nitrogens is 2. The van der Waals surface area contributed by atoms with Crippen LogP contribution in [0, 0.1) is 5.92 Å². The van der Waals surface area contributed by atoms with E-state index in [-0.39, 0.29) is 0 Å². The number of hydrogen-bond donors (Lipinski definition) is 0. The summed E-state index contributed by atoms with van der Waals surface area (Å²) in [6, 6.07) is 0. The van der Waals surface area contributed by atoms with E-state index in [0.717, 1.165) is 13.2 Å². The first-order chi connectivity index (χ1) is 7.96. The molecule has 3 nitrogen and oxygen atoms in total. The number of halogens is 7. The summed E-state index contributed by atoms with van der Waals surface area (Å²) in [6.07, 6.45) is -10.7. The lowest BCUT2D eigenvalue weighted by molar-refractivity contribution is -0.265. The van der Waals surface area contributed by atoms with E-state index in [1.54, 1.807) is 0 Å². The number of nitrogens with zero attached hydrogens (tertiary/aromatic N) is 2. The summed E-state index contributed by atoms with van der Waals surface area (Å²) in [5, 5.41) is 2.74. The Kier molecular flexibility index (Phi) is 3.66. The summed E-state index contributed by atoms with van der Waals surface area (Å²) in [6.45, 7) is 0. The van der Waals surface area contributed by atoms with Crippen molar-refractivity contribution in [3.63, 3.8) is 0 Å². The molecule has 1 aromatic heterocycles. The van der Waals surface area contributed by atoms with Gasteiger partial charge in [-0.3, -0.25) is 9.48 Å². The van der Waals surface area contributed by atoms with Crippen LogP contribution in [0.25, 0.3) is 0 Å². The van der Waals surface area contributed by atoms with Gasteiger partial charge in [-0.05, 0) is 0 Å². The van der Waals surface area contributed by atoms with Crippen LogP contribution in [0.5, 0.6) is 0 Å². The maximum Gasteiger partial charge on any atom is 0.407 e. The Morgan fingerprint density at radius 1 is 1.28 bits per heavy atom. The maximum absolute atomic E-state index is 12.3. The molecule has 0 saturated heterocycles. The molecule has 0 spiro atoms. The summed E-state index contributed by atoms with van der Waals surface area (Å²) in [5.41, 5.74) is -0.934. The minimum Gasteiger partial charge on any atom is -0.291 e. The summed E-state index contributed by atoms with van der Waals surface area (Å²) in [5.74, 6) is -6.29. The van der Waals surface area contributed by atoms with Gasteiger partial charge in [-0.25, -0.2) is 0 Å². The summed E-state index contributed by atoms with van der Waals surface area (Å²) < 4.78 is 74.4. The van der Waals surface area contributed by atoms with Crippen molar-refractivity contribution in [1.29, 1.82) is 0 Å². The van der Waals surface area contributed by atoms with Crippen LogP contribution >= 0.6 is 11.6 Å². The predicted molar refractivity (Wildman–Crippen MR) is 48.1 cm³/mol. The van der Waals surface area contributed by atoms with Crippen molar-refractivity contribution in [3.8, 4) is 0 Å². The van der Waals surface area contributed by atoms with Crippen molar-refractivity contribution in [3.05, 3.63) is 16.9 Å². The summed E-state index contributed by atoms with van der Waals surface area (Å²) in [4.78, 5) is 11.4. The summed E-state index contributed by atoms with van der Waals surface area (Å²) >= 11 is 5.35. The van der Waals surface area contributed by atoms with E-state index in [1.807, 2.05) is 0 Å². The van der Waals surface area contributed by atoms with Gasteiger partial charge < -0.3 is 0 Å². The molecular formula is C8H5ClF6N2O. The van der Waals surface area contributed by atoms with E-state index in [9.17, 15) is 31.1 Å². The van der Waals surface area contributed by atoms with Gasteiger partial charge in [0.2, 0.25) is 11.7 Å². The average molecular weight is 295 g/mol. The molecule has 0 radical (unpaired) electrons. The average Bonchev–Trinajstić information content (AvgIpc) is 2.40. The van der Waals surface area contributed by atoms with E-state index >= 15 is 0 Å². The second-order valence-corrected chi connectivity index (χ2v) is 3.75. The third-order valence-corrected chi connectivity index (χ3v) is 2.32. The molecule has 1 heterocycles. The molecule has 0 aromatic carbocycles. The third-order valence-electron chi connectivity index (χ3n) is 2.04. The van der Waals surface area contributed by atoms with E-state index in [1.165, 1.54) is 0 Å². The van der Waals surface area contributed by atoms with Crippen molar-refractivity contribution >= 4 is 17.4 Å². The smallest absolute Gasteiger partial charge is 0.291 e. The Balaban J connectivity index is 3.29. The van der Waals surface area contributed by atoms with Crippen molar-refractivity contribution in [2.75, 3.05) is 0 Å². The lowest BCUT2D eigenvalue weighted by Gasteiger charge is -2.21. The maximum atomic E-state index is 12.3. The Bertz CT molecular complexity index is 430. The fourth-order valence-electron chi connectivity index (χ4n) is 1.31. The number of aryl methyl sites for hydroxylation is 1. The molecule has 0 aliphatic carbocycles. The Morgan fingerprint density at radius 3 is 2.00 bits per heavy atom. The van der Waals surface area contributed by atoms with Crippen molar-refractivity contribution in [2.45, 2.75) is 12.4 Å². The van der Waals surface area contributed by atoms with Gasteiger partial charge in [-0.2, -0.15) is 31.4 Å². The Hall–Kier alpha value is -1.25. The molecule has 1 aromatic rings. The number of carbonyl (C=O) groups excluding carboxylic acids is 1. The summed E-state index contributed by atoms with van der Waals surface area (Å²) in [7, 11) is 1.02. The number of carbonyl (C=O) groups is 1. The molecule has 0 amide bonds. The number of ketones is 1. The van der Waals surface area contributed by atoms with Gasteiger partial charge in [0.05, 0.1) is 11.2 Å². The standard InChI is InChI=1S/C8H5ClF6N2O/c1-17-4(3(9)2-16-17)5(18)6(7(10,11)12)8(13,14)15/h2,6H,1H3. The van der Waals surface area contributed by atoms with Crippen LogP contribution in [0.2, 0.25) is 5.02 Å². The predicted octanol–water partition coefficient (Wildman–Crippen LogP) is 3.00. The molecule has 0 bridgehead atoms. The van der Waals surface area contributed by atoms with Crippen LogP contribution in [0.1, 0.15) is 10.5 Å². The van der Waals surface area contributed by atoms with Crippen molar-refractivity contribution < 1.29 is 31.1 Å². The van der Waals surface area contributed by atoms with Gasteiger partial charge in [0.1, 0.15) is 5.69 Å². The molecule has 0 N–H and O–H groups in total. The van der Waals surface area contributed by atoms with Crippen LogP contribution in [0.15, 0.2) is 6.20 Å². The SMILES string of the molecule is Cn1ncc(Cl)c1C(=O)C(C(F)(F)F)C(F)(F)F. The number of hydrogen-bond acceptors (Lipinski definition) is 2. The molecule has 0 saturated carbocycles. The van der Waals surface area contributed by atoms with E-state index in [0.29, 0.717) is 4.68 Å². The quantitative estimate of drug-likeness (QED) is 0.621. The van der Waals surface area contributed by atoms with Crippen LogP contribution in [-0.4, -0.2) is 27.9 Å². The van der Waals surface area contributed by atoms with Crippen LogP contribution in [0.4, 0.5) is 26.3 Å². The lowest BCUT2D eigenvalue weighted by atomic mass is 10.0. The first-order valence-electron chi connectivity index (χ1n) is 4.31. The van der Waals surface area contributed by atoms with Crippen LogP contribution in [-0.2, 0) is 7.05 Å². The Morgan fingerprint density at radius 2 is 1.72 bits per heavy atom. The van der Waals surface area contributed by atoms with E-state index < -0.39 is 34.8 Å². The van der Waals surface area contributed by atoms with Gasteiger partial charge in [0, 0.05) is 7.05 Å². The molecule has 0 aliphatic rings. The fraction of sp³-hybridized carbons (Fsp3) is 0.500. The zero-order valence-electron chi connectivity index (χ0n) is 8.60. The first-order valence-corrected chi connectivity index (χ1v) is 4.69. The highest BCUT2D eigenvalue weighted by Gasteiger charge is 2.61. The molecule has 0 atom stereocenters. The second kappa shape index (κ2) is 4.45. The van der Waals surface area contributed by atoms with E-state index in [2.05, 4.69) is 5.10 Å². The van der Waals surface area contributed by atoms with Gasteiger partial charge >= 0.3 is 12.4 Å². The topological polar surface area (TPSA) is 34.9 Å². The number of rotatable bonds is 2. The van der Waals surface area contributed by atoms with Gasteiger partial charge in [0.25, 0.3) is 0 Å². The molecule has 1 rings (SSSR count). The molecule has 102 valence electrons.